The average Bonchev–Trinajstić information content (AvgIpc) is 2.91. The lowest BCUT2D eigenvalue weighted by Crippen LogP contribution is -2.08. The Morgan fingerprint density at radius 3 is 2.61 bits per heavy atom. The van der Waals surface area contributed by atoms with E-state index in [1.54, 1.807) is 31.8 Å². The van der Waals surface area contributed by atoms with E-state index in [2.05, 4.69) is 22.3 Å². The number of rotatable bonds is 4. The Morgan fingerprint density at radius 2 is 1.87 bits per heavy atom. The zero-order chi connectivity index (χ0) is 16.2. The third kappa shape index (κ3) is 2.98. The lowest BCUT2D eigenvalue weighted by molar-refractivity contribution is 0.354. The third-order valence-electron chi connectivity index (χ3n) is 3.49. The van der Waals surface area contributed by atoms with Crippen LogP contribution in [-0.2, 0) is 7.05 Å². The van der Waals surface area contributed by atoms with Gasteiger partial charge in [0, 0.05) is 12.6 Å². The largest absolute Gasteiger partial charge is 0.493 e. The fourth-order valence-corrected chi connectivity index (χ4v) is 3.31. The van der Waals surface area contributed by atoms with Gasteiger partial charge >= 0.3 is 0 Å². The highest BCUT2D eigenvalue weighted by Gasteiger charge is 2.07. The van der Waals surface area contributed by atoms with Crippen molar-refractivity contribution >= 4 is 27.8 Å². The van der Waals surface area contributed by atoms with Gasteiger partial charge in [0.25, 0.3) is 0 Å². The van der Waals surface area contributed by atoms with Crippen molar-refractivity contribution in [3.8, 4) is 11.5 Å². The molecule has 6 heteroatoms. The van der Waals surface area contributed by atoms with Gasteiger partial charge in [0.2, 0.25) is 4.80 Å². The molecule has 2 aromatic carbocycles. The van der Waals surface area contributed by atoms with Gasteiger partial charge in [0.15, 0.2) is 11.5 Å². The summed E-state index contributed by atoms with van der Waals surface area (Å²) in [5.74, 6) is 1.32. The van der Waals surface area contributed by atoms with E-state index in [1.165, 1.54) is 4.70 Å². The maximum Gasteiger partial charge on any atom is 0.211 e. The molecule has 118 valence electrons. The number of thiazole rings is 1. The van der Waals surface area contributed by atoms with Gasteiger partial charge in [-0.3, -0.25) is 0 Å². The summed E-state index contributed by atoms with van der Waals surface area (Å²) in [6.45, 7) is 0. The molecule has 3 rings (SSSR count). The van der Waals surface area contributed by atoms with Gasteiger partial charge in [0.1, 0.15) is 0 Å². The minimum atomic E-state index is 0.648. The van der Waals surface area contributed by atoms with Crippen molar-refractivity contribution in [2.45, 2.75) is 0 Å². The van der Waals surface area contributed by atoms with E-state index in [4.69, 9.17) is 9.47 Å². The first kappa shape index (κ1) is 15.3. The second-order valence-electron chi connectivity index (χ2n) is 4.84. The molecule has 0 aliphatic heterocycles. The maximum absolute atomic E-state index is 5.38. The molecule has 3 aromatic rings. The highest BCUT2D eigenvalue weighted by Crippen LogP contribution is 2.29. The number of hydrogen-bond acceptors (Lipinski definition) is 5. The van der Waals surface area contributed by atoms with E-state index < -0.39 is 0 Å². The van der Waals surface area contributed by atoms with Gasteiger partial charge in [-0.2, -0.15) is 5.10 Å². The first-order chi connectivity index (χ1) is 11.2. The van der Waals surface area contributed by atoms with Crippen LogP contribution in [0.5, 0.6) is 11.5 Å². The number of methoxy groups -OCH3 is 2. The zero-order valence-electron chi connectivity index (χ0n) is 13.2. The number of benzene rings is 2. The van der Waals surface area contributed by atoms with Crippen molar-refractivity contribution in [2.24, 2.45) is 17.3 Å². The number of fused-ring (bicyclic) bond motifs is 1. The number of para-hydroxylation sites is 2. The molecule has 5 nitrogen and oxygen atoms in total. The van der Waals surface area contributed by atoms with E-state index in [9.17, 15) is 0 Å². The maximum atomic E-state index is 5.38. The van der Waals surface area contributed by atoms with Gasteiger partial charge in [-0.05, 0) is 24.3 Å². The van der Waals surface area contributed by atoms with Crippen molar-refractivity contribution in [2.75, 3.05) is 14.2 Å². The molecule has 0 N–H and O–H groups in total. The quantitative estimate of drug-likeness (QED) is 0.546. The second kappa shape index (κ2) is 6.66. The Labute approximate surface area is 138 Å². The second-order valence-corrected chi connectivity index (χ2v) is 5.85. The average molecular weight is 327 g/mol. The van der Waals surface area contributed by atoms with Crippen LogP contribution in [0.3, 0.4) is 0 Å². The molecule has 0 aliphatic rings. The van der Waals surface area contributed by atoms with Crippen LogP contribution in [0.2, 0.25) is 0 Å². The fourth-order valence-electron chi connectivity index (χ4n) is 2.33. The van der Waals surface area contributed by atoms with Crippen LogP contribution in [0.15, 0.2) is 52.7 Å². The fraction of sp³-hybridized carbons (Fsp3) is 0.176. The molecule has 1 aromatic heterocycles. The van der Waals surface area contributed by atoms with Crippen LogP contribution in [0.25, 0.3) is 10.2 Å². The Hall–Kier alpha value is -2.60. The topological polar surface area (TPSA) is 48.1 Å². The molecular weight excluding hydrogens is 310 g/mol. The van der Waals surface area contributed by atoms with Gasteiger partial charge in [-0.25, -0.2) is 0 Å². The number of hydrogen-bond donors (Lipinski definition) is 0. The summed E-state index contributed by atoms with van der Waals surface area (Å²) in [7, 11) is 5.21. The molecule has 0 saturated carbocycles. The van der Waals surface area contributed by atoms with Gasteiger partial charge < -0.3 is 14.0 Å². The third-order valence-corrected chi connectivity index (χ3v) is 4.59. The Bertz CT molecular complexity index is 925. The zero-order valence-corrected chi connectivity index (χ0v) is 14.0. The van der Waals surface area contributed by atoms with Crippen LogP contribution >= 0.6 is 11.3 Å². The molecular formula is C17H17N3O2S. The van der Waals surface area contributed by atoms with Crippen molar-refractivity contribution in [1.82, 2.24) is 4.57 Å². The number of ether oxygens (including phenoxy) is 2. The molecule has 0 fully saturated rings. The molecule has 0 spiro atoms. The Balaban J connectivity index is 1.98. The summed E-state index contributed by atoms with van der Waals surface area (Å²) in [4.78, 5) is 0.837. The first-order valence-corrected chi connectivity index (χ1v) is 7.89. The smallest absolute Gasteiger partial charge is 0.211 e. The predicted molar refractivity (Wildman–Crippen MR) is 93.5 cm³/mol. The lowest BCUT2D eigenvalue weighted by Gasteiger charge is -2.08. The molecule has 0 bridgehead atoms. The van der Waals surface area contributed by atoms with E-state index >= 15 is 0 Å². The predicted octanol–water partition coefficient (Wildman–Crippen LogP) is 3.19. The summed E-state index contributed by atoms with van der Waals surface area (Å²) in [6.07, 6.45) is 1.67. The number of aromatic nitrogens is 1. The van der Waals surface area contributed by atoms with E-state index in [0.717, 1.165) is 15.9 Å². The van der Waals surface area contributed by atoms with Crippen molar-refractivity contribution in [3.05, 3.63) is 52.8 Å². The standard InChI is InChI=1S/C17H17N3O2S/c1-20-13-8-4-5-10-15(13)23-17(20)19-18-11-12-7-6-9-14(21-2)16(12)22-3/h4-11H,1-3H3/b18-11-,19-17+. The minimum Gasteiger partial charge on any atom is -0.493 e. The Kier molecular flexibility index (Phi) is 4.43. The van der Waals surface area contributed by atoms with E-state index in [-0.39, 0.29) is 0 Å². The SMILES string of the molecule is COc1cccc(/C=N\N=c2\sc3ccccc3n2C)c1OC. The van der Waals surface area contributed by atoms with E-state index in [0.29, 0.717) is 11.5 Å². The molecule has 1 heterocycles. The van der Waals surface area contributed by atoms with Crippen LogP contribution in [-0.4, -0.2) is 25.0 Å². The van der Waals surface area contributed by atoms with Crippen molar-refractivity contribution in [3.63, 3.8) is 0 Å². The molecule has 0 amide bonds. The minimum absolute atomic E-state index is 0.648. The molecule has 0 saturated heterocycles. The summed E-state index contributed by atoms with van der Waals surface area (Å²) >= 11 is 1.60. The van der Waals surface area contributed by atoms with Crippen molar-refractivity contribution < 1.29 is 9.47 Å². The number of nitrogens with zero attached hydrogens (tertiary/aromatic N) is 3. The molecule has 0 radical (unpaired) electrons. The summed E-state index contributed by atoms with van der Waals surface area (Å²) in [5, 5.41) is 8.53. The Morgan fingerprint density at radius 1 is 1.04 bits per heavy atom. The van der Waals surface area contributed by atoms with Gasteiger partial charge in [-0.15, -0.1) is 5.10 Å². The number of aryl methyl sites for hydroxylation is 1. The molecule has 23 heavy (non-hydrogen) atoms. The van der Waals surface area contributed by atoms with Crippen LogP contribution in [0.4, 0.5) is 0 Å². The van der Waals surface area contributed by atoms with Gasteiger partial charge in [-0.1, -0.05) is 29.5 Å². The van der Waals surface area contributed by atoms with E-state index in [1.807, 2.05) is 41.9 Å². The first-order valence-electron chi connectivity index (χ1n) is 7.07. The van der Waals surface area contributed by atoms with Crippen LogP contribution in [0.1, 0.15) is 5.56 Å². The molecule has 0 aliphatic carbocycles. The molecule has 0 atom stereocenters. The summed E-state index contributed by atoms with van der Waals surface area (Å²) in [6, 6.07) is 13.8. The highest BCUT2D eigenvalue weighted by molar-refractivity contribution is 7.16. The van der Waals surface area contributed by atoms with Crippen LogP contribution in [0, 0.1) is 0 Å². The lowest BCUT2D eigenvalue weighted by atomic mass is 10.2. The van der Waals surface area contributed by atoms with Crippen LogP contribution < -0.4 is 14.3 Å². The van der Waals surface area contributed by atoms with Gasteiger partial charge in [0.05, 0.1) is 30.7 Å². The van der Waals surface area contributed by atoms with Crippen molar-refractivity contribution in [1.29, 1.82) is 0 Å². The normalized spacial score (nSPS) is 12.2. The summed E-state index contributed by atoms with van der Waals surface area (Å²) < 4.78 is 13.9. The molecule has 0 unspecified atom stereocenters. The highest BCUT2D eigenvalue weighted by atomic mass is 32.1. The monoisotopic (exact) mass is 327 g/mol. The summed E-state index contributed by atoms with van der Waals surface area (Å²) in [5.41, 5.74) is 1.96.